The predicted octanol–water partition coefficient (Wildman–Crippen LogP) is -0.669. The van der Waals surface area contributed by atoms with Crippen molar-refractivity contribution in [2.75, 3.05) is 0 Å². The molecule has 5 N–H and O–H groups in total. The van der Waals surface area contributed by atoms with Crippen LogP contribution in [0.15, 0.2) is 4.99 Å². The minimum atomic E-state index is -1.38. The fourth-order valence-electron chi connectivity index (χ4n) is 0.186. The molecule has 0 aliphatic heterocycles. The second-order valence-electron chi connectivity index (χ2n) is 1.23. The van der Waals surface area contributed by atoms with Gasteiger partial charge < -0.3 is 16.6 Å². The van der Waals surface area contributed by atoms with Crippen molar-refractivity contribution in [2.24, 2.45) is 16.5 Å². The summed E-state index contributed by atoms with van der Waals surface area (Å²) in [7, 11) is 0. The van der Waals surface area contributed by atoms with Gasteiger partial charge in [0.1, 0.15) is 0 Å². The molecule has 1 unspecified atom stereocenters. The molecule has 0 aliphatic carbocycles. The Morgan fingerprint density at radius 3 is 2.10 bits per heavy atom. The van der Waals surface area contributed by atoms with E-state index in [4.69, 9.17) is 28.2 Å². The molecule has 5 nitrogen and oxygen atoms in total. The smallest absolute Gasteiger partial charge is 0.344 e. The number of aliphatic imine (C=N–C) groups is 1. The lowest BCUT2D eigenvalue weighted by atomic mass is 10.7. The van der Waals surface area contributed by atoms with Gasteiger partial charge in [-0.05, 0) is 0 Å². The highest BCUT2D eigenvalue weighted by Crippen LogP contribution is 1.95. The highest BCUT2D eigenvalue weighted by molar-refractivity contribution is 6.29. The topological polar surface area (TPSA) is 102 Å². The Morgan fingerprint density at radius 1 is 1.60 bits per heavy atom. The summed E-state index contributed by atoms with van der Waals surface area (Å²) in [5.41, 5.74) is 8.24. The minimum Gasteiger partial charge on any atom is -0.479 e. The highest BCUT2D eigenvalue weighted by atomic mass is 35.5. The number of nitrogens with two attached hydrogens (primary N) is 2. The van der Waals surface area contributed by atoms with E-state index in [9.17, 15) is 4.79 Å². The summed E-state index contributed by atoms with van der Waals surface area (Å²) in [4.78, 5) is 13.0. The fraction of sp³-hybridized carbons (Fsp3) is 0.333. The molecule has 0 fully saturated rings. The molecule has 1 atom stereocenters. The minimum absolute atomic E-state index is 0. The van der Waals surface area contributed by atoms with Crippen LogP contribution in [0.3, 0.4) is 0 Å². The molecule has 0 amide bonds. The number of carboxylic acids is 1. The fourth-order valence-corrected chi connectivity index (χ4v) is 0.299. The second-order valence-corrected chi connectivity index (χ2v) is 1.64. The van der Waals surface area contributed by atoms with Crippen LogP contribution >= 0.6 is 24.0 Å². The third-order valence-corrected chi connectivity index (χ3v) is 0.750. The molecule has 0 aliphatic rings. The number of halogens is 2. The Hall–Kier alpha value is -0.680. The van der Waals surface area contributed by atoms with Gasteiger partial charge in [0.2, 0.25) is 5.50 Å². The summed E-state index contributed by atoms with van der Waals surface area (Å²) < 4.78 is 0. The number of hydrogen-bond acceptors (Lipinski definition) is 2. The molecule has 0 aromatic heterocycles. The first kappa shape index (κ1) is 12.0. The lowest BCUT2D eigenvalue weighted by molar-refractivity contribution is -0.136. The van der Waals surface area contributed by atoms with Gasteiger partial charge in [0.05, 0.1) is 0 Å². The average Bonchev–Trinajstić information content (AvgIpc) is 1.63. The van der Waals surface area contributed by atoms with Crippen molar-refractivity contribution in [1.82, 2.24) is 0 Å². The molecule has 60 valence electrons. The van der Waals surface area contributed by atoms with Gasteiger partial charge in [0.25, 0.3) is 0 Å². The van der Waals surface area contributed by atoms with Crippen molar-refractivity contribution in [3.8, 4) is 0 Å². The molecule has 0 radical (unpaired) electrons. The van der Waals surface area contributed by atoms with E-state index in [0.29, 0.717) is 0 Å². The van der Waals surface area contributed by atoms with E-state index in [1.165, 1.54) is 0 Å². The van der Waals surface area contributed by atoms with E-state index in [2.05, 4.69) is 4.99 Å². The number of nitrogens with zero attached hydrogens (tertiary/aromatic N) is 1. The van der Waals surface area contributed by atoms with Crippen LogP contribution < -0.4 is 11.5 Å². The molecule has 0 saturated carbocycles. The summed E-state index contributed by atoms with van der Waals surface area (Å²) in [6, 6.07) is 0. The summed E-state index contributed by atoms with van der Waals surface area (Å²) in [6.07, 6.45) is 0. The molecule has 0 aromatic rings. The number of rotatable bonds is 2. The van der Waals surface area contributed by atoms with Crippen LogP contribution in [-0.2, 0) is 4.79 Å². The summed E-state index contributed by atoms with van der Waals surface area (Å²) in [5.74, 6) is -1.61. The zero-order chi connectivity index (χ0) is 7.44. The first-order chi connectivity index (χ1) is 4.04. The molecule has 0 aromatic carbocycles. The number of aliphatic carboxylic acids is 1. The third kappa shape index (κ3) is 5.46. The lowest BCUT2D eigenvalue weighted by Crippen LogP contribution is -2.26. The maximum atomic E-state index is 9.88. The number of carboxylic acid groups (broad SMARTS) is 1. The lowest BCUT2D eigenvalue weighted by Gasteiger charge is -1.95. The molecule has 0 heterocycles. The monoisotopic (exact) mass is 187 g/mol. The molecule has 7 heteroatoms. The van der Waals surface area contributed by atoms with Crippen molar-refractivity contribution < 1.29 is 9.90 Å². The van der Waals surface area contributed by atoms with E-state index in [1.54, 1.807) is 0 Å². The normalized spacial score (nSPS) is 10.9. The maximum Gasteiger partial charge on any atom is 0.344 e. The first-order valence-electron chi connectivity index (χ1n) is 1.99. The van der Waals surface area contributed by atoms with Crippen molar-refractivity contribution >= 4 is 35.9 Å². The number of alkyl halides is 1. The van der Waals surface area contributed by atoms with E-state index < -0.39 is 11.5 Å². The standard InChI is InChI=1S/C3H6ClN3O2.ClH/c4-1(2(8)9)7-3(5)6;/h1H,(H,8,9)(H4,5,6,7);1H. The van der Waals surface area contributed by atoms with E-state index in [0.717, 1.165) is 0 Å². The quantitative estimate of drug-likeness (QED) is 0.231. The second kappa shape index (κ2) is 5.13. The van der Waals surface area contributed by atoms with Crippen LogP contribution in [0.25, 0.3) is 0 Å². The van der Waals surface area contributed by atoms with Crippen LogP contribution in [-0.4, -0.2) is 22.5 Å². The number of guanidine groups is 1. The summed E-state index contributed by atoms with van der Waals surface area (Å²) in [5, 5.41) is 8.08. The zero-order valence-corrected chi connectivity index (χ0v) is 6.39. The van der Waals surface area contributed by atoms with Crippen molar-refractivity contribution in [3.05, 3.63) is 0 Å². The average molecular weight is 188 g/mol. The van der Waals surface area contributed by atoms with Gasteiger partial charge in [0, 0.05) is 0 Å². The Morgan fingerprint density at radius 2 is 2.00 bits per heavy atom. The van der Waals surface area contributed by atoms with Crippen molar-refractivity contribution in [1.29, 1.82) is 0 Å². The van der Waals surface area contributed by atoms with Crippen molar-refractivity contribution in [3.63, 3.8) is 0 Å². The summed E-state index contributed by atoms with van der Waals surface area (Å²) >= 11 is 5.06. The van der Waals surface area contributed by atoms with Crippen LogP contribution in [0.2, 0.25) is 0 Å². The maximum absolute atomic E-state index is 9.88. The van der Waals surface area contributed by atoms with Crippen molar-refractivity contribution in [2.45, 2.75) is 5.50 Å². The molecular weight excluding hydrogens is 181 g/mol. The van der Waals surface area contributed by atoms with Crippen LogP contribution in [0, 0.1) is 0 Å². The molecule has 0 spiro atoms. The Labute approximate surface area is 68.5 Å². The van der Waals surface area contributed by atoms with Gasteiger partial charge in [-0.1, -0.05) is 11.6 Å². The van der Waals surface area contributed by atoms with Gasteiger partial charge >= 0.3 is 5.97 Å². The molecular formula is C3H7Cl2N3O2. The van der Waals surface area contributed by atoms with Gasteiger partial charge in [-0.3, -0.25) is 0 Å². The van der Waals surface area contributed by atoms with Crippen LogP contribution in [0.5, 0.6) is 0 Å². The molecule has 0 bridgehead atoms. The van der Waals surface area contributed by atoms with E-state index >= 15 is 0 Å². The van der Waals surface area contributed by atoms with Crippen LogP contribution in [0.4, 0.5) is 0 Å². The Balaban J connectivity index is 0. The Bertz CT molecular complexity index is 145. The molecule has 10 heavy (non-hydrogen) atoms. The molecule has 0 saturated heterocycles. The van der Waals surface area contributed by atoms with E-state index in [1.807, 2.05) is 0 Å². The zero-order valence-electron chi connectivity index (χ0n) is 4.82. The SMILES string of the molecule is Cl.NC(N)=NC(Cl)C(=O)O. The number of hydrogen-bond donors (Lipinski definition) is 3. The van der Waals surface area contributed by atoms with Crippen LogP contribution in [0.1, 0.15) is 0 Å². The largest absolute Gasteiger partial charge is 0.479 e. The first-order valence-corrected chi connectivity index (χ1v) is 2.43. The van der Waals surface area contributed by atoms with Gasteiger partial charge in [-0.15, -0.1) is 12.4 Å². The Kier molecular flexibility index (Phi) is 6.18. The predicted molar refractivity (Wildman–Crippen MR) is 40.3 cm³/mol. The van der Waals surface area contributed by atoms with Gasteiger partial charge in [0.15, 0.2) is 5.96 Å². The van der Waals surface area contributed by atoms with E-state index in [-0.39, 0.29) is 18.4 Å². The number of carbonyl (C=O) groups is 1. The molecule has 0 rings (SSSR count). The highest BCUT2D eigenvalue weighted by Gasteiger charge is 2.10. The third-order valence-electron chi connectivity index (χ3n) is 0.466. The van der Waals surface area contributed by atoms with Gasteiger partial charge in [-0.2, -0.15) is 0 Å². The summed E-state index contributed by atoms with van der Waals surface area (Å²) in [6.45, 7) is 0. The van der Waals surface area contributed by atoms with Gasteiger partial charge in [-0.25, -0.2) is 9.79 Å².